The largest absolute Gasteiger partial charge is 0.378 e. The number of para-hydroxylation sites is 2. The van der Waals surface area contributed by atoms with Gasteiger partial charge in [-0.1, -0.05) is 18.2 Å². The molecule has 3 N–H and O–H groups in total. The number of carbonyl (C=O) groups is 2. The summed E-state index contributed by atoms with van der Waals surface area (Å²) < 4.78 is 13.0. The van der Waals surface area contributed by atoms with E-state index in [0.717, 1.165) is 0 Å². The lowest BCUT2D eigenvalue weighted by Gasteiger charge is -2.10. The van der Waals surface area contributed by atoms with Gasteiger partial charge in [-0.15, -0.1) is 0 Å². The lowest BCUT2D eigenvalue weighted by Crippen LogP contribution is -2.29. The predicted molar refractivity (Wildman–Crippen MR) is 115 cm³/mol. The van der Waals surface area contributed by atoms with Gasteiger partial charge < -0.3 is 16.0 Å². The first-order valence-electron chi connectivity index (χ1n) is 9.36. The Labute approximate surface area is 177 Å². The molecule has 3 aromatic carbocycles. The monoisotopic (exact) mass is 422 g/mol. The molecule has 3 aromatic rings. The average molecular weight is 422 g/mol. The Hall–Kier alpha value is -4.27. The molecule has 0 saturated heterocycles. The van der Waals surface area contributed by atoms with Gasteiger partial charge in [0.2, 0.25) is 0 Å². The standard InChI is InChI=1S/C22H19FN4O4/c23-17-10-8-15(9-11-17)22(29)26-18-5-3-4-16(14-18)21(28)25-13-12-24-19-6-1-2-7-20(19)27(30)31/h1-11,14,24H,12-13H2,(H,25,28)(H,26,29). The van der Waals surface area contributed by atoms with Gasteiger partial charge in [-0.2, -0.15) is 0 Å². The summed E-state index contributed by atoms with van der Waals surface area (Å²) in [7, 11) is 0. The van der Waals surface area contributed by atoms with Gasteiger partial charge in [0.15, 0.2) is 0 Å². The number of anilines is 2. The molecule has 0 bridgehead atoms. The minimum atomic E-state index is -0.480. The number of amides is 2. The van der Waals surface area contributed by atoms with E-state index in [-0.39, 0.29) is 30.2 Å². The van der Waals surface area contributed by atoms with E-state index in [1.165, 1.54) is 36.4 Å². The van der Waals surface area contributed by atoms with E-state index in [1.807, 2.05) is 0 Å². The molecular weight excluding hydrogens is 403 g/mol. The predicted octanol–water partition coefficient (Wildman–Crippen LogP) is 3.83. The lowest BCUT2D eigenvalue weighted by atomic mass is 10.1. The summed E-state index contributed by atoms with van der Waals surface area (Å²) in [6.45, 7) is 0.522. The van der Waals surface area contributed by atoms with Crippen molar-refractivity contribution in [1.82, 2.24) is 5.32 Å². The number of nitro benzene ring substituents is 1. The van der Waals surface area contributed by atoms with Crippen molar-refractivity contribution in [3.05, 3.63) is 99.9 Å². The van der Waals surface area contributed by atoms with Crippen molar-refractivity contribution in [3.63, 3.8) is 0 Å². The summed E-state index contributed by atoms with van der Waals surface area (Å²) >= 11 is 0. The van der Waals surface area contributed by atoms with Crippen molar-refractivity contribution >= 4 is 28.9 Å². The molecule has 0 aliphatic carbocycles. The van der Waals surface area contributed by atoms with Crippen LogP contribution in [0.15, 0.2) is 72.8 Å². The normalized spacial score (nSPS) is 10.2. The van der Waals surface area contributed by atoms with Crippen molar-refractivity contribution in [3.8, 4) is 0 Å². The first-order valence-corrected chi connectivity index (χ1v) is 9.36. The quantitative estimate of drug-likeness (QED) is 0.290. The molecule has 3 rings (SSSR count). The Bertz CT molecular complexity index is 1100. The molecule has 8 nitrogen and oxygen atoms in total. The third-order valence-corrected chi connectivity index (χ3v) is 4.32. The zero-order chi connectivity index (χ0) is 22.2. The molecule has 0 aliphatic rings. The second-order valence-electron chi connectivity index (χ2n) is 6.50. The van der Waals surface area contributed by atoms with Gasteiger partial charge >= 0.3 is 0 Å². The summed E-state index contributed by atoms with van der Waals surface area (Å²) in [6.07, 6.45) is 0. The molecule has 0 radical (unpaired) electrons. The summed E-state index contributed by atoms with van der Waals surface area (Å²) in [4.78, 5) is 35.1. The van der Waals surface area contributed by atoms with Crippen molar-refractivity contribution in [2.75, 3.05) is 23.7 Å². The molecule has 0 aliphatic heterocycles. The molecule has 0 spiro atoms. The van der Waals surface area contributed by atoms with Gasteiger partial charge in [-0.05, 0) is 48.5 Å². The SMILES string of the molecule is O=C(NCCNc1ccccc1[N+](=O)[O-])c1cccc(NC(=O)c2ccc(F)cc2)c1. The smallest absolute Gasteiger partial charge is 0.292 e. The molecule has 2 amide bonds. The van der Waals surface area contributed by atoms with Crippen LogP contribution >= 0.6 is 0 Å². The molecule has 0 saturated carbocycles. The average Bonchev–Trinajstić information content (AvgIpc) is 2.77. The highest BCUT2D eigenvalue weighted by Gasteiger charge is 2.12. The van der Waals surface area contributed by atoms with E-state index >= 15 is 0 Å². The summed E-state index contributed by atoms with van der Waals surface area (Å²) in [6, 6.07) is 17.7. The Morgan fingerprint density at radius 3 is 2.35 bits per heavy atom. The van der Waals surface area contributed by atoms with Crippen LogP contribution in [-0.2, 0) is 0 Å². The zero-order valence-electron chi connectivity index (χ0n) is 16.3. The molecule has 0 fully saturated rings. The van der Waals surface area contributed by atoms with Crippen LogP contribution in [0.5, 0.6) is 0 Å². The number of rotatable bonds is 8. The van der Waals surface area contributed by atoms with Crippen LogP contribution in [0.25, 0.3) is 0 Å². The minimum absolute atomic E-state index is 0.0431. The number of carbonyl (C=O) groups excluding carboxylic acids is 2. The highest BCUT2D eigenvalue weighted by molar-refractivity contribution is 6.05. The topological polar surface area (TPSA) is 113 Å². The van der Waals surface area contributed by atoms with E-state index in [1.54, 1.807) is 36.4 Å². The third kappa shape index (κ3) is 5.86. The van der Waals surface area contributed by atoms with Gasteiger partial charge in [0.25, 0.3) is 17.5 Å². The number of nitrogens with zero attached hydrogens (tertiary/aromatic N) is 1. The number of halogens is 1. The molecule has 31 heavy (non-hydrogen) atoms. The maximum absolute atomic E-state index is 13.0. The van der Waals surface area contributed by atoms with E-state index in [4.69, 9.17) is 0 Å². The number of hydrogen-bond donors (Lipinski definition) is 3. The van der Waals surface area contributed by atoms with Crippen LogP contribution in [0, 0.1) is 15.9 Å². The molecule has 9 heteroatoms. The Morgan fingerprint density at radius 2 is 1.61 bits per heavy atom. The third-order valence-electron chi connectivity index (χ3n) is 4.32. The van der Waals surface area contributed by atoms with Crippen LogP contribution in [-0.4, -0.2) is 29.8 Å². The fourth-order valence-corrected chi connectivity index (χ4v) is 2.80. The molecule has 0 unspecified atom stereocenters. The fourth-order valence-electron chi connectivity index (χ4n) is 2.80. The van der Waals surface area contributed by atoms with E-state index < -0.39 is 16.6 Å². The number of benzene rings is 3. The highest BCUT2D eigenvalue weighted by Crippen LogP contribution is 2.22. The Morgan fingerprint density at radius 1 is 0.871 bits per heavy atom. The molecule has 0 atom stereocenters. The van der Waals surface area contributed by atoms with Gasteiger partial charge in [0, 0.05) is 36.0 Å². The molecule has 0 heterocycles. The van der Waals surface area contributed by atoms with Crippen LogP contribution in [0.1, 0.15) is 20.7 Å². The molecule has 0 aromatic heterocycles. The summed E-state index contributed by atoms with van der Waals surface area (Å²) in [5.41, 5.74) is 1.37. The maximum Gasteiger partial charge on any atom is 0.292 e. The number of hydrogen-bond acceptors (Lipinski definition) is 5. The maximum atomic E-state index is 13.0. The van der Waals surface area contributed by atoms with Crippen LogP contribution in [0.2, 0.25) is 0 Å². The van der Waals surface area contributed by atoms with Crippen LogP contribution < -0.4 is 16.0 Å². The first-order chi connectivity index (χ1) is 14.9. The second kappa shape index (κ2) is 9.97. The fraction of sp³-hybridized carbons (Fsp3) is 0.0909. The van der Waals surface area contributed by atoms with Gasteiger partial charge in [-0.25, -0.2) is 4.39 Å². The van der Waals surface area contributed by atoms with E-state index in [0.29, 0.717) is 16.9 Å². The van der Waals surface area contributed by atoms with E-state index in [9.17, 15) is 24.1 Å². The second-order valence-corrected chi connectivity index (χ2v) is 6.50. The summed E-state index contributed by atoms with van der Waals surface area (Å²) in [5, 5.41) is 19.3. The van der Waals surface area contributed by atoms with Crippen molar-refractivity contribution in [2.24, 2.45) is 0 Å². The van der Waals surface area contributed by atoms with Crippen molar-refractivity contribution < 1.29 is 18.9 Å². The minimum Gasteiger partial charge on any atom is -0.378 e. The van der Waals surface area contributed by atoms with Gasteiger partial charge in [-0.3, -0.25) is 19.7 Å². The highest BCUT2D eigenvalue weighted by atomic mass is 19.1. The lowest BCUT2D eigenvalue weighted by molar-refractivity contribution is -0.384. The Kier molecular flexibility index (Phi) is 6.89. The number of nitrogens with one attached hydrogen (secondary N) is 3. The van der Waals surface area contributed by atoms with Crippen LogP contribution in [0.3, 0.4) is 0 Å². The van der Waals surface area contributed by atoms with Crippen LogP contribution in [0.4, 0.5) is 21.5 Å². The summed E-state index contributed by atoms with van der Waals surface area (Å²) in [5.74, 6) is -1.22. The number of nitro groups is 1. The molecular formula is C22H19FN4O4. The van der Waals surface area contributed by atoms with Gasteiger partial charge in [0.05, 0.1) is 4.92 Å². The van der Waals surface area contributed by atoms with Crippen molar-refractivity contribution in [1.29, 1.82) is 0 Å². The molecule has 158 valence electrons. The first kappa shape index (κ1) is 21.4. The zero-order valence-corrected chi connectivity index (χ0v) is 16.3. The van der Waals surface area contributed by atoms with E-state index in [2.05, 4.69) is 16.0 Å². The Balaban J connectivity index is 1.54. The van der Waals surface area contributed by atoms with Gasteiger partial charge in [0.1, 0.15) is 11.5 Å². The van der Waals surface area contributed by atoms with Crippen molar-refractivity contribution in [2.45, 2.75) is 0 Å².